The van der Waals surface area contributed by atoms with Gasteiger partial charge >= 0.3 is 0 Å². The first-order chi connectivity index (χ1) is 10.1. The lowest BCUT2D eigenvalue weighted by Crippen LogP contribution is -2.43. The van der Waals surface area contributed by atoms with Crippen LogP contribution in [0.25, 0.3) is 0 Å². The number of nitrogens with one attached hydrogen (secondary N) is 1. The molecule has 0 aromatic carbocycles. The minimum absolute atomic E-state index is 0.492. The third kappa shape index (κ3) is 4.68. The molecule has 4 heteroatoms. The molecule has 1 aliphatic rings. The van der Waals surface area contributed by atoms with Gasteiger partial charge in [0.2, 0.25) is 0 Å². The highest BCUT2D eigenvalue weighted by atomic mass is 15.2. The maximum absolute atomic E-state index is 4.81. The summed E-state index contributed by atoms with van der Waals surface area (Å²) in [5, 5.41) is 3.43. The third-order valence-electron chi connectivity index (χ3n) is 4.40. The molecular formula is C17H30N4. The molecule has 0 unspecified atom stereocenters. The van der Waals surface area contributed by atoms with E-state index in [-0.39, 0.29) is 0 Å². The number of nitrogens with zero attached hydrogens (tertiary/aromatic N) is 3. The van der Waals surface area contributed by atoms with Crippen LogP contribution in [-0.2, 0) is 6.54 Å². The van der Waals surface area contributed by atoms with Crippen molar-refractivity contribution in [2.75, 3.05) is 31.6 Å². The van der Waals surface area contributed by atoms with Crippen LogP contribution >= 0.6 is 0 Å². The molecule has 1 saturated heterocycles. The Hall–Kier alpha value is -1.13. The molecule has 0 bridgehead atoms. The van der Waals surface area contributed by atoms with Crippen LogP contribution < -0.4 is 10.2 Å². The van der Waals surface area contributed by atoms with Gasteiger partial charge in [-0.2, -0.15) is 0 Å². The number of aromatic nitrogens is 1. The molecule has 0 saturated carbocycles. The van der Waals surface area contributed by atoms with E-state index in [1.165, 1.54) is 32.5 Å². The summed E-state index contributed by atoms with van der Waals surface area (Å²) in [4.78, 5) is 9.70. The van der Waals surface area contributed by atoms with Crippen LogP contribution in [-0.4, -0.2) is 48.6 Å². The fourth-order valence-corrected chi connectivity index (χ4v) is 2.88. The van der Waals surface area contributed by atoms with Crippen LogP contribution in [0.4, 0.5) is 5.82 Å². The van der Waals surface area contributed by atoms with E-state index in [0.717, 1.165) is 18.1 Å². The Balaban J connectivity index is 1.95. The Morgan fingerprint density at radius 1 is 1.33 bits per heavy atom. The van der Waals surface area contributed by atoms with Crippen molar-refractivity contribution in [1.82, 2.24) is 15.2 Å². The van der Waals surface area contributed by atoms with Gasteiger partial charge < -0.3 is 15.1 Å². The highest BCUT2D eigenvalue weighted by Crippen LogP contribution is 2.20. The largest absolute Gasteiger partial charge is 0.357 e. The maximum atomic E-state index is 4.81. The zero-order valence-electron chi connectivity index (χ0n) is 14.0. The third-order valence-corrected chi connectivity index (χ3v) is 4.40. The lowest BCUT2D eigenvalue weighted by atomic mass is 10.0. The zero-order valence-corrected chi connectivity index (χ0v) is 14.0. The van der Waals surface area contributed by atoms with Crippen LogP contribution in [0, 0.1) is 0 Å². The van der Waals surface area contributed by atoms with E-state index < -0.39 is 0 Å². The summed E-state index contributed by atoms with van der Waals surface area (Å²) < 4.78 is 0. The normalized spacial score (nSPS) is 17.4. The molecule has 0 amide bonds. The number of pyridine rings is 1. The molecule has 0 atom stereocenters. The summed E-state index contributed by atoms with van der Waals surface area (Å²) in [6.45, 7) is 11.0. The Morgan fingerprint density at radius 2 is 2.05 bits per heavy atom. The van der Waals surface area contributed by atoms with Crippen molar-refractivity contribution < 1.29 is 0 Å². The number of hydrogen-bond donors (Lipinski definition) is 1. The van der Waals surface area contributed by atoms with E-state index in [2.05, 4.69) is 61.1 Å². The maximum Gasteiger partial charge on any atom is 0.128 e. The van der Waals surface area contributed by atoms with Gasteiger partial charge in [0.25, 0.3) is 0 Å². The summed E-state index contributed by atoms with van der Waals surface area (Å²) in [5.41, 5.74) is 1.12. The Kier molecular flexibility index (Phi) is 6.00. The lowest BCUT2D eigenvalue weighted by molar-refractivity contribution is 0.220. The van der Waals surface area contributed by atoms with E-state index in [4.69, 9.17) is 4.98 Å². The minimum atomic E-state index is 0.492. The van der Waals surface area contributed by atoms with Crippen LogP contribution in [0.15, 0.2) is 18.2 Å². The Labute approximate surface area is 129 Å². The van der Waals surface area contributed by atoms with Crippen molar-refractivity contribution in [3.05, 3.63) is 23.9 Å². The minimum Gasteiger partial charge on any atom is -0.357 e. The quantitative estimate of drug-likeness (QED) is 0.872. The van der Waals surface area contributed by atoms with Crippen molar-refractivity contribution in [2.24, 2.45) is 0 Å². The molecular weight excluding hydrogens is 260 g/mol. The van der Waals surface area contributed by atoms with Crippen molar-refractivity contribution in [3.8, 4) is 0 Å². The summed E-state index contributed by atoms with van der Waals surface area (Å²) in [5.74, 6) is 1.10. The highest BCUT2D eigenvalue weighted by Gasteiger charge is 2.22. The summed E-state index contributed by atoms with van der Waals surface area (Å²) in [7, 11) is 2.19. The van der Waals surface area contributed by atoms with E-state index in [9.17, 15) is 0 Å². The van der Waals surface area contributed by atoms with E-state index in [0.29, 0.717) is 12.1 Å². The predicted octanol–water partition coefficient (Wildman–Crippen LogP) is 2.50. The number of piperidine rings is 1. The summed E-state index contributed by atoms with van der Waals surface area (Å²) >= 11 is 0. The van der Waals surface area contributed by atoms with Gasteiger partial charge in [0, 0.05) is 38.8 Å². The van der Waals surface area contributed by atoms with Crippen molar-refractivity contribution in [2.45, 2.75) is 52.2 Å². The summed E-state index contributed by atoms with van der Waals surface area (Å²) in [6, 6.07) is 7.47. The summed E-state index contributed by atoms with van der Waals surface area (Å²) in [6.07, 6.45) is 2.47. The van der Waals surface area contributed by atoms with Gasteiger partial charge in [0.05, 0.1) is 5.69 Å². The van der Waals surface area contributed by atoms with Crippen LogP contribution in [0.3, 0.4) is 0 Å². The lowest BCUT2D eigenvalue weighted by Gasteiger charge is -2.37. The van der Waals surface area contributed by atoms with E-state index >= 15 is 0 Å². The van der Waals surface area contributed by atoms with E-state index in [1.807, 2.05) is 0 Å². The van der Waals surface area contributed by atoms with Crippen LogP contribution in [0.2, 0.25) is 0 Å². The highest BCUT2D eigenvalue weighted by molar-refractivity contribution is 5.39. The number of hydrogen-bond acceptors (Lipinski definition) is 4. The second kappa shape index (κ2) is 7.76. The number of rotatable bonds is 6. The standard InChI is InChI=1S/C17H30N4/c1-5-21-11-9-16(10-12-21)20(4)17-8-6-7-15(19-17)13-18-14(2)3/h6-8,14,16,18H,5,9-13H2,1-4H3. The second-order valence-electron chi connectivity index (χ2n) is 6.30. The molecule has 4 nitrogen and oxygen atoms in total. The molecule has 118 valence electrons. The van der Waals surface area contributed by atoms with E-state index in [1.54, 1.807) is 0 Å². The van der Waals surface area contributed by atoms with Gasteiger partial charge in [0.1, 0.15) is 5.82 Å². The number of anilines is 1. The molecule has 21 heavy (non-hydrogen) atoms. The van der Waals surface area contributed by atoms with Gasteiger partial charge in [-0.3, -0.25) is 0 Å². The van der Waals surface area contributed by atoms with Gasteiger partial charge in [-0.15, -0.1) is 0 Å². The molecule has 0 aliphatic carbocycles. The smallest absolute Gasteiger partial charge is 0.128 e. The van der Waals surface area contributed by atoms with Gasteiger partial charge in [-0.1, -0.05) is 26.8 Å². The van der Waals surface area contributed by atoms with Gasteiger partial charge in [-0.05, 0) is 31.5 Å². The molecule has 0 spiro atoms. The average Bonchev–Trinajstić information content (AvgIpc) is 2.52. The average molecular weight is 290 g/mol. The Bertz CT molecular complexity index is 425. The second-order valence-corrected chi connectivity index (χ2v) is 6.30. The Morgan fingerprint density at radius 3 is 2.67 bits per heavy atom. The van der Waals surface area contributed by atoms with Crippen molar-refractivity contribution in [1.29, 1.82) is 0 Å². The molecule has 2 rings (SSSR count). The molecule has 2 heterocycles. The van der Waals surface area contributed by atoms with Crippen molar-refractivity contribution >= 4 is 5.82 Å². The van der Waals surface area contributed by atoms with Crippen LogP contribution in [0.5, 0.6) is 0 Å². The topological polar surface area (TPSA) is 31.4 Å². The zero-order chi connectivity index (χ0) is 15.2. The predicted molar refractivity (Wildman–Crippen MR) is 89.8 cm³/mol. The first kappa shape index (κ1) is 16.2. The monoisotopic (exact) mass is 290 g/mol. The molecule has 1 N–H and O–H groups in total. The fraction of sp³-hybridized carbons (Fsp3) is 0.706. The van der Waals surface area contributed by atoms with Gasteiger partial charge in [0.15, 0.2) is 0 Å². The molecule has 1 fully saturated rings. The van der Waals surface area contributed by atoms with Crippen molar-refractivity contribution in [3.63, 3.8) is 0 Å². The molecule has 0 radical (unpaired) electrons. The molecule has 1 aromatic rings. The molecule has 1 aromatic heterocycles. The SMILES string of the molecule is CCN1CCC(N(C)c2cccc(CNC(C)C)n2)CC1. The fourth-order valence-electron chi connectivity index (χ4n) is 2.88. The number of likely N-dealkylation sites (tertiary alicyclic amines) is 1. The van der Waals surface area contributed by atoms with Gasteiger partial charge in [-0.25, -0.2) is 4.98 Å². The molecule has 1 aliphatic heterocycles. The van der Waals surface area contributed by atoms with Crippen LogP contribution in [0.1, 0.15) is 39.3 Å². The first-order valence-corrected chi connectivity index (χ1v) is 8.24. The first-order valence-electron chi connectivity index (χ1n) is 8.24.